The van der Waals surface area contributed by atoms with Gasteiger partial charge in [-0.2, -0.15) is 0 Å². The summed E-state index contributed by atoms with van der Waals surface area (Å²) in [6, 6.07) is 3.08. The Kier molecular flexibility index (Phi) is 3.94. The molecule has 0 spiro atoms. The molecule has 2 unspecified atom stereocenters. The van der Waals surface area contributed by atoms with E-state index in [2.05, 4.69) is 30.1 Å². The third-order valence-corrected chi connectivity index (χ3v) is 4.70. The Morgan fingerprint density at radius 2 is 2.32 bits per heavy atom. The van der Waals surface area contributed by atoms with Gasteiger partial charge in [-0.25, -0.2) is 0 Å². The highest BCUT2D eigenvalue weighted by atomic mass is 16.3. The zero-order chi connectivity index (χ0) is 13.2. The van der Waals surface area contributed by atoms with Gasteiger partial charge in [-0.15, -0.1) is 0 Å². The number of piperidine rings is 1. The van der Waals surface area contributed by atoms with Crippen molar-refractivity contribution in [2.75, 3.05) is 13.1 Å². The van der Waals surface area contributed by atoms with E-state index in [1.165, 1.54) is 37.8 Å². The molecule has 3 heteroatoms. The lowest BCUT2D eigenvalue weighted by Gasteiger charge is -2.25. The van der Waals surface area contributed by atoms with Gasteiger partial charge in [0.15, 0.2) is 0 Å². The van der Waals surface area contributed by atoms with Crippen molar-refractivity contribution in [2.45, 2.75) is 58.7 Å². The summed E-state index contributed by atoms with van der Waals surface area (Å²) in [6.07, 6.45) is 5.45. The molecule has 1 saturated carbocycles. The van der Waals surface area contributed by atoms with Crippen LogP contribution in [-0.2, 0) is 13.1 Å². The van der Waals surface area contributed by atoms with E-state index in [9.17, 15) is 0 Å². The highest BCUT2D eigenvalue weighted by Gasteiger charge is 2.37. The minimum Gasteiger partial charge on any atom is -0.465 e. The molecule has 2 bridgehead atoms. The predicted octanol–water partition coefficient (Wildman–Crippen LogP) is 3.07. The van der Waals surface area contributed by atoms with Crippen LogP contribution in [0.15, 0.2) is 10.5 Å². The molecule has 0 aromatic carbocycles. The Labute approximate surface area is 116 Å². The Bertz CT molecular complexity index is 426. The normalized spacial score (nSPS) is 26.4. The zero-order valence-corrected chi connectivity index (χ0v) is 12.2. The van der Waals surface area contributed by atoms with Gasteiger partial charge in [-0.1, -0.05) is 6.92 Å². The smallest absolute Gasteiger partial charge is 0.118 e. The largest absolute Gasteiger partial charge is 0.465 e. The van der Waals surface area contributed by atoms with Crippen LogP contribution in [0.4, 0.5) is 0 Å². The highest BCUT2D eigenvalue weighted by molar-refractivity contribution is 5.21. The summed E-state index contributed by atoms with van der Waals surface area (Å²) < 4.78 is 5.93. The van der Waals surface area contributed by atoms with Crippen molar-refractivity contribution in [1.29, 1.82) is 0 Å². The second-order valence-corrected chi connectivity index (χ2v) is 6.23. The molecule has 0 radical (unpaired) electrons. The maximum Gasteiger partial charge on any atom is 0.118 e. The van der Waals surface area contributed by atoms with E-state index < -0.39 is 0 Å². The number of fused-ring (bicyclic) bond motifs is 2. The zero-order valence-electron chi connectivity index (χ0n) is 12.2. The fourth-order valence-electron chi connectivity index (χ4n) is 3.66. The first kappa shape index (κ1) is 13.2. The molecule has 1 aromatic heterocycles. The Morgan fingerprint density at radius 1 is 1.42 bits per heavy atom. The van der Waals surface area contributed by atoms with E-state index in [-0.39, 0.29) is 0 Å². The molecule has 2 fully saturated rings. The highest BCUT2D eigenvalue weighted by Crippen LogP contribution is 2.38. The molecule has 1 aliphatic carbocycles. The van der Waals surface area contributed by atoms with Gasteiger partial charge in [0.25, 0.3) is 0 Å². The number of hydrogen-bond acceptors (Lipinski definition) is 3. The summed E-state index contributed by atoms with van der Waals surface area (Å²) in [4.78, 5) is 2.62. The molecule has 1 aliphatic heterocycles. The molecule has 0 amide bonds. The monoisotopic (exact) mass is 262 g/mol. The number of likely N-dealkylation sites (tertiary alicyclic amines) is 1. The standard InChI is InChI=1S/C16H26N2O/c1-3-6-17-9-14-8-16(19-12(14)2)11-18-10-13-4-5-15(18)7-13/h8,13,15,17H,3-7,9-11H2,1-2H3. The first-order valence-electron chi connectivity index (χ1n) is 7.79. The predicted molar refractivity (Wildman–Crippen MR) is 77.0 cm³/mol. The van der Waals surface area contributed by atoms with Crippen LogP contribution < -0.4 is 5.32 Å². The van der Waals surface area contributed by atoms with Crippen LogP contribution in [0.2, 0.25) is 0 Å². The van der Waals surface area contributed by atoms with Gasteiger partial charge in [0.2, 0.25) is 0 Å². The summed E-state index contributed by atoms with van der Waals surface area (Å²) in [5, 5.41) is 3.45. The SMILES string of the molecule is CCCNCc1cc(CN2CC3CCC2C3)oc1C. The van der Waals surface area contributed by atoms with Crippen molar-refractivity contribution in [3.05, 3.63) is 23.2 Å². The van der Waals surface area contributed by atoms with E-state index in [0.29, 0.717) is 0 Å². The third-order valence-electron chi connectivity index (χ3n) is 4.70. The molecule has 2 heterocycles. The molecule has 2 atom stereocenters. The summed E-state index contributed by atoms with van der Waals surface area (Å²) in [5.41, 5.74) is 1.33. The van der Waals surface area contributed by atoms with Crippen LogP contribution in [0.3, 0.4) is 0 Å². The molecular weight excluding hydrogens is 236 g/mol. The van der Waals surface area contributed by atoms with Crippen molar-refractivity contribution < 1.29 is 4.42 Å². The molecule has 106 valence electrons. The van der Waals surface area contributed by atoms with E-state index >= 15 is 0 Å². The third kappa shape index (κ3) is 2.87. The average molecular weight is 262 g/mol. The van der Waals surface area contributed by atoms with Gasteiger partial charge >= 0.3 is 0 Å². The number of nitrogens with zero attached hydrogens (tertiary/aromatic N) is 1. The number of aryl methyl sites for hydroxylation is 1. The van der Waals surface area contributed by atoms with Gasteiger partial charge in [0.05, 0.1) is 6.54 Å². The lowest BCUT2D eigenvalue weighted by Crippen LogP contribution is -2.31. The number of nitrogens with one attached hydrogen (secondary N) is 1. The van der Waals surface area contributed by atoms with Crippen molar-refractivity contribution >= 4 is 0 Å². The Morgan fingerprint density at radius 3 is 3.00 bits per heavy atom. The lowest BCUT2D eigenvalue weighted by atomic mass is 10.1. The quantitative estimate of drug-likeness (QED) is 0.799. The lowest BCUT2D eigenvalue weighted by molar-refractivity contribution is 0.189. The van der Waals surface area contributed by atoms with Crippen molar-refractivity contribution in [2.24, 2.45) is 5.92 Å². The van der Waals surface area contributed by atoms with E-state index in [1.54, 1.807) is 0 Å². The van der Waals surface area contributed by atoms with Gasteiger partial charge in [-0.05, 0) is 51.1 Å². The number of rotatable bonds is 6. The summed E-state index contributed by atoms with van der Waals surface area (Å²) in [6.45, 7) is 8.60. The molecule has 1 N–H and O–H groups in total. The second-order valence-electron chi connectivity index (χ2n) is 6.23. The first-order chi connectivity index (χ1) is 9.26. The van der Waals surface area contributed by atoms with Crippen LogP contribution in [0, 0.1) is 12.8 Å². The number of hydrogen-bond donors (Lipinski definition) is 1. The summed E-state index contributed by atoms with van der Waals surface area (Å²) in [5.74, 6) is 3.20. The molecule has 3 nitrogen and oxygen atoms in total. The van der Waals surface area contributed by atoms with Gasteiger partial charge in [-0.3, -0.25) is 4.90 Å². The maximum atomic E-state index is 5.93. The molecule has 3 rings (SSSR count). The topological polar surface area (TPSA) is 28.4 Å². The fourth-order valence-corrected chi connectivity index (χ4v) is 3.66. The van der Waals surface area contributed by atoms with E-state index in [0.717, 1.165) is 43.1 Å². The minimum absolute atomic E-state index is 0.831. The van der Waals surface area contributed by atoms with Crippen LogP contribution in [0.5, 0.6) is 0 Å². The van der Waals surface area contributed by atoms with Crippen LogP contribution >= 0.6 is 0 Å². The molecule has 1 saturated heterocycles. The van der Waals surface area contributed by atoms with Crippen LogP contribution in [0.25, 0.3) is 0 Å². The fraction of sp³-hybridized carbons (Fsp3) is 0.750. The Hall–Kier alpha value is -0.800. The summed E-state index contributed by atoms with van der Waals surface area (Å²) >= 11 is 0. The molecule has 2 aliphatic rings. The van der Waals surface area contributed by atoms with E-state index in [1.807, 2.05) is 0 Å². The van der Waals surface area contributed by atoms with Gasteiger partial charge in [0, 0.05) is 24.7 Å². The van der Waals surface area contributed by atoms with Gasteiger partial charge < -0.3 is 9.73 Å². The molecular formula is C16H26N2O. The molecule has 1 aromatic rings. The maximum absolute atomic E-state index is 5.93. The average Bonchev–Trinajstić information content (AvgIpc) is 3.07. The van der Waals surface area contributed by atoms with Crippen LogP contribution in [0.1, 0.15) is 49.7 Å². The number of furan rings is 1. The van der Waals surface area contributed by atoms with Crippen LogP contribution in [-0.4, -0.2) is 24.0 Å². The van der Waals surface area contributed by atoms with Gasteiger partial charge in [0.1, 0.15) is 11.5 Å². The van der Waals surface area contributed by atoms with E-state index in [4.69, 9.17) is 4.42 Å². The minimum atomic E-state index is 0.831. The molecule has 19 heavy (non-hydrogen) atoms. The van der Waals surface area contributed by atoms with Crippen molar-refractivity contribution in [1.82, 2.24) is 10.2 Å². The Balaban J connectivity index is 1.57. The first-order valence-corrected chi connectivity index (χ1v) is 7.79. The van der Waals surface area contributed by atoms with Crippen molar-refractivity contribution in [3.8, 4) is 0 Å². The van der Waals surface area contributed by atoms with Crippen molar-refractivity contribution in [3.63, 3.8) is 0 Å². The second kappa shape index (κ2) is 5.68. The summed E-state index contributed by atoms with van der Waals surface area (Å²) in [7, 11) is 0.